The first-order chi connectivity index (χ1) is 13.1. The van der Waals surface area contributed by atoms with Crippen LogP contribution < -0.4 is 0 Å². The number of nitrogens with zero attached hydrogens (tertiary/aromatic N) is 2. The van der Waals surface area contributed by atoms with E-state index in [1.807, 2.05) is 24.3 Å². The van der Waals surface area contributed by atoms with Crippen molar-refractivity contribution in [1.29, 1.82) is 0 Å². The number of hydrogen-bond acceptors (Lipinski definition) is 2. The van der Waals surface area contributed by atoms with Crippen molar-refractivity contribution in [2.24, 2.45) is 5.41 Å². The van der Waals surface area contributed by atoms with Gasteiger partial charge >= 0.3 is 0 Å². The van der Waals surface area contributed by atoms with Gasteiger partial charge in [0.2, 0.25) is 5.91 Å². The highest BCUT2D eigenvalue weighted by molar-refractivity contribution is 6.30. The van der Waals surface area contributed by atoms with Crippen LogP contribution in [0.2, 0.25) is 5.02 Å². The van der Waals surface area contributed by atoms with Crippen molar-refractivity contribution in [3.63, 3.8) is 0 Å². The maximum atomic E-state index is 12.6. The van der Waals surface area contributed by atoms with Gasteiger partial charge in [-0.25, -0.2) is 0 Å². The number of halogens is 1. The summed E-state index contributed by atoms with van der Waals surface area (Å²) in [4.78, 5) is 17.2. The second-order valence-corrected chi connectivity index (χ2v) is 8.60. The van der Waals surface area contributed by atoms with Crippen LogP contribution in [0.15, 0.2) is 54.6 Å². The van der Waals surface area contributed by atoms with E-state index < -0.39 is 0 Å². The third-order valence-corrected chi connectivity index (χ3v) is 6.21. The molecule has 142 valence electrons. The Kier molecular flexibility index (Phi) is 5.51. The zero-order chi connectivity index (χ0) is 18.7. The average molecular weight is 383 g/mol. The van der Waals surface area contributed by atoms with E-state index in [-0.39, 0.29) is 5.91 Å². The standard InChI is InChI=1S/C23H27ClN2O/c24-21-10-8-20(9-11-21)15-22(27)26-14-12-23(18-26)16-25(17-23)13-4-7-19-5-2-1-3-6-19/h1-3,5-6,8-11H,4,7,12-18H2. The summed E-state index contributed by atoms with van der Waals surface area (Å²) in [6.07, 6.45) is 3.98. The van der Waals surface area contributed by atoms with Crippen LogP contribution in [-0.4, -0.2) is 48.4 Å². The molecule has 4 heteroatoms. The molecule has 2 aromatic carbocycles. The lowest BCUT2D eigenvalue weighted by atomic mass is 9.79. The monoisotopic (exact) mass is 382 g/mol. The lowest BCUT2D eigenvalue weighted by Crippen LogP contribution is -2.57. The molecule has 0 aromatic heterocycles. The molecule has 3 nitrogen and oxygen atoms in total. The molecule has 0 bridgehead atoms. The maximum absolute atomic E-state index is 12.6. The Bertz CT molecular complexity index is 769. The molecule has 27 heavy (non-hydrogen) atoms. The van der Waals surface area contributed by atoms with E-state index in [1.54, 1.807) is 0 Å². The van der Waals surface area contributed by atoms with Gasteiger partial charge in [0.05, 0.1) is 6.42 Å². The van der Waals surface area contributed by atoms with Crippen LogP contribution in [0.1, 0.15) is 24.0 Å². The van der Waals surface area contributed by atoms with Crippen molar-refractivity contribution < 1.29 is 4.79 Å². The summed E-state index contributed by atoms with van der Waals surface area (Å²) in [7, 11) is 0. The van der Waals surface area contributed by atoms with Crippen molar-refractivity contribution in [3.8, 4) is 0 Å². The number of rotatable bonds is 6. The Morgan fingerprint density at radius 2 is 1.70 bits per heavy atom. The Labute approximate surface area is 166 Å². The minimum absolute atomic E-state index is 0.247. The van der Waals surface area contributed by atoms with Gasteiger partial charge in [-0.15, -0.1) is 0 Å². The van der Waals surface area contributed by atoms with E-state index in [4.69, 9.17) is 11.6 Å². The van der Waals surface area contributed by atoms with E-state index in [1.165, 1.54) is 12.0 Å². The van der Waals surface area contributed by atoms with Crippen LogP contribution in [-0.2, 0) is 17.6 Å². The van der Waals surface area contributed by atoms with Crippen LogP contribution in [0.3, 0.4) is 0 Å². The largest absolute Gasteiger partial charge is 0.342 e. The predicted octanol–water partition coefficient (Wildman–Crippen LogP) is 4.05. The topological polar surface area (TPSA) is 23.6 Å². The molecule has 0 radical (unpaired) electrons. The molecule has 0 atom stereocenters. The zero-order valence-corrected chi connectivity index (χ0v) is 16.5. The number of amides is 1. The Balaban J connectivity index is 1.20. The highest BCUT2D eigenvalue weighted by atomic mass is 35.5. The van der Waals surface area contributed by atoms with Crippen molar-refractivity contribution in [3.05, 3.63) is 70.7 Å². The Morgan fingerprint density at radius 3 is 2.44 bits per heavy atom. The highest BCUT2D eigenvalue weighted by Crippen LogP contribution is 2.39. The molecule has 2 aliphatic heterocycles. The van der Waals surface area contributed by atoms with Gasteiger partial charge in [-0.2, -0.15) is 0 Å². The van der Waals surface area contributed by atoms with Gasteiger partial charge in [0.25, 0.3) is 0 Å². The molecule has 2 aliphatic rings. The summed E-state index contributed by atoms with van der Waals surface area (Å²) >= 11 is 5.92. The normalized spacial score (nSPS) is 18.6. The lowest BCUT2D eigenvalue weighted by Gasteiger charge is -2.48. The second kappa shape index (κ2) is 8.04. The fraction of sp³-hybridized carbons (Fsp3) is 0.435. The summed E-state index contributed by atoms with van der Waals surface area (Å²) < 4.78 is 0. The van der Waals surface area contributed by atoms with Gasteiger partial charge in [-0.05, 0) is 49.1 Å². The van der Waals surface area contributed by atoms with E-state index in [0.29, 0.717) is 16.9 Å². The molecule has 2 aromatic rings. The minimum atomic E-state index is 0.247. The number of benzene rings is 2. The molecule has 0 saturated carbocycles. The highest BCUT2D eigenvalue weighted by Gasteiger charge is 2.48. The molecule has 2 fully saturated rings. The van der Waals surface area contributed by atoms with Crippen molar-refractivity contribution >= 4 is 17.5 Å². The van der Waals surface area contributed by atoms with Crippen LogP contribution >= 0.6 is 11.6 Å². The summed E-state index contributed by atoms with van der Waals surface area (Å²) in [5, 5.41) is 0.716. The molecule has 2 saturated heterocycles. The molecule has 0 N–H and O–H groups in total. The van der Waals surface area contributed by atoms with Crippen LogP contribution in [0.25, 0.3) is 0 Å². The van der Waals surface area contributed by atoms with Gasteiger partial charge < -0.3 is 9.80 Å². The number of carbonyl (C=O) groups is 1. The first-order valence-electron chi connectivity index (χ1n) is 9.90. The SMILES string of the molecule is O=C(Cc1ccc(Cl)cc1)N1CCC2(CN(CCCc3ccccc3)C2)C1. The Morgan fingerprint density at radius 1 is 0.963 bits per heavy atom. The molecular weight excluding hydrogens is 356 g/mol. The first-order valence-corrected chi connectivity index (χ1v) is 10.3. The maximum Gasteiger partial charge on any atom is 0.227 e. The third kappa shape index (κ3) is 4.53. The van der Waals surface area contributed by atoms with E-state index >= 15 is 0 Å². The Hall–Kier alpha value is -1.84. The van der Waals surface area contributed by atoms with Crippen LogP contribution in [0, 0.1) is 5.41 Å². The van der Waals surface area contributed by atoms with E-state index in [0.717, 1.165) is 51.1 Å². The molecule has 2 heterocycles. The fourth-order valence-electron chi connectivity index (χ4n) is 4.51. The van der Waals surface area contributed by atoms with Crippen molar-refractivity contribution in [2.45, 2.75) is 25.7 Å². The van der Waals surface area contributed by atoms with Crippen LogP contribution in [0.4, 0.5) is 0 Å². The van der Waals surface area contributed by atoms with Crippen molar-refractivity contribution in [1.82, 2.24) is 9.80 Å². The number of carbonyl (C=O) groups excluding carboxylic acids is 1. The summed E-state index contributed by atoms with van der Waals surface area (Å²) in [6.45, 7) is 5.29. The van der Waals surface area contributed by atoms with Gasteiger partial charge in [0.1, 0.15) is 0 Å². The molecule has 0 unspecified atom stereocenters. The number of aryl methyl sites for hydroxylation is 1. The first kappa shape index (κ1) is 18.5. The molecule has 4 rings (SSSR count). The third-order valence-electron chi connectivity index (χ3n) is 5.96. The second-order valence-electron chi connectivity index (χ2n) is 8.17. The van der Waals surface area contributed by atoms with E-state index in [9.17, 15) is 4.79 Å². The van der Waals surface area contributed by atoms with Gasteiger partial charge in [0.15, 0.2) is 0 Å². The minimum Gasteiger partial charge on any atom is -0.342 e. The fourth-order valence-corrected chi connectivity index (χ4v) is 4.63. The van der Waals surface area contributed by atoms with Crippen molar-refractivity contribution in [2.75, 3.05) is 32.7 Å². The van der Waals surface area contributed by atoms with E-state index in [2.05, 4.69) is 40.1 Å². The van der Waals surface area contributed by atoms with Gasteiger partial charge in [-0.1, -0.05) is 54.1 Å². The molecule has 1 spiro atoms. The van der Waals surface area contributed by atoms with Gasteiger partial charge in [0, 0.05) is 36.6 Å². The van der Waals surface area contributed by atoms with Gasteiger partial charge in [-0.3, -0.25) is 4.79 Å². The average Bonchev–Trinajstić information content (AvgIpc) is 3.10. The molecule has 0 aliphatic carbocycles. The lowest BCUT2D eigenvalue weighted by molar-refractivity contribution is -0.130. The summed E-state index contributed by atoms with van der Waals surface area (Å²) in [6, 6.07) is 18.3. The number of hydrogen-bond donors (Lipinski definition) is 0. The smallest absolute Gasteiger partial charge is 0.227 e. The summed E-state index contributed by atoms with van der Waals surface area (Å²) in [5.41, 5.74) is 2.82. The molecular formula is C23H27ClN2O. The zero-order valence-electron chi connectivity index (χ0n) is 15.7. The quantitative estimate of drug-likeness (QED) is 0.752. The number of likely N-dealkylation sites (tertiary alicyclic amines) is 2. The predicted molar refractivity (Wildman–Crippen MR) is 110 cm³/mol. The van der Waals surface area contributed by atoms with Crippen LogP contribution in [0.5, 0.6) is 0 Å². The summed E-state index contributed by atoms with van der Waals surface area (Å²) in [5.74, 6) is 0.247. The molecule has 1 amide bonds.